The summed E-state index contributed by atoms with van der Waals surface area (Å²) in [6, 6.07) is 11.0. The maximum atomic E-state index is 12.6. The zero-order valence-corrected chi connectivity index (χ0v) is 15.9. The monoisotopic (exact) mass is 357 g/mol. The zero-order chi connectivity index (χ0) is 18.0. The van der Waals surface area contributed by atoms with Crippen molar-refractivity contribution in [3.05, 3.63) is 30.3 Å². The van der Waals surface area contributed by atoms with E-state index in [1.807, 2.05) is 0 Å². The van der Waals surface area contributed by atoms with Gasteiger partial charge in [0.25, 0.3) is 0 Å². The molecule has 0 radical (unpaired) electrons. The highest BCUT2D eigenvalue weighted by molar-refractivity contribution is 5.78. The number of piperidine rings is 1. The molecule has 3 fully saturated rings. The number of ether oxygens (including phenoxy) is 1. The van der Waals surface area contributed by atoms with Crippen LogP contribution in [0.4, 0.5) is 5.69 Å². The molecule has 3 aliphatic heterocycles. The summed E-state index contributed by atoms with van der Waals surface area (Å²) in [5, 5.41) is 0. The zero-order valence-electron chi connectivity index (χ0n) is 15.9. The number of benzene rings is 1. The van der Waals surface area contributed by atoms with Crippen LogP contribution >= 0.6 is 0 Å². The Morgan fingerprint density at radius 3 is 2.54 bits per heavy atom. The summed E-state index contributed by atoms with van der Waals surface area (Å²) in [5.41, 5.74) is 1.22. The molecule has 0 aliphatic carbocycles. The van der Waals surface area contributed by atoms with Crippen LogP contribution in [0.5, 0.6) is 0 Å². The van der Waals surface area contributed by atoms with Gasteiger partial charge in [-0.25, -0.2) is 0 Å². The van der Waals surface area contributed by atoms with Gasteiger partial charge in [0, 0.05) is 25.8 Å². The number of likely N-dealkylation sites (tertiary alicyclic amines) is 2. The first-order valence-corrected chi connectivity index (χ1v) is 10.1. The minimum Gasteiger partial charge on any atom is -0.373 e. The quantitative estimate of drug-likeness (QED) is 0.829. The summed E-state index contributed by atoms with van der Waals surface area (Å²) in [7, 11) is 2.16. The van der Waals surface area contributed by atoms with Crippen LogP contribution in [0.2, 0.25) is 0 Å². The molecule has 1 spiro atoms. The van der Waals surface area contributed by atoms with E-state index in [4.69, 9.17) is 4.74 Å². The van der Waals surface area contributed by atoms with Crippen LogP contribution in [0.3, 0.4) is 0 Å². The molecule has 1 aromatic carbocycles. The molecule has 1 unspecified atom stereocenters. The summed E-state index contributed by atoms with van der Waals surface area (Å²) in [4.78, 5) is 19.2. The fourth-order valence-corrected chi connectivity index (χ4v) is 4.69. The molecule has 0 N–H and O–H groups in total. The third-order valence-corrected chi connectivity index (χ3v) is 6.49. The van der Waals surface area contributed by atoms with Gasteiger partial charge in [-0.3, -0.25) is 9.69 Å². The van der Waals surface area contributed by atoms with E-state index in [9.17, 15) is 4.79 Å². The van der Waals surface area contributed by atoms with E-state index in [1.54, 1.807) is 0 Å². The summed E-state index contributed by atoms with van der Waals surface area (Å²) in [6.45, 7) is 5.24. The van der Waals surface area contributed by atoms with Crippen LogP contribution in [0, 0.1) is 0 Å². The lowest BCUT2D eigenvalue weighted by molar-refractivity contribution is -0.136. The van der Waals surface area contributed by atoms with Crippen LogP contribution in [0.25, 0.3) is 0 Å². The number of hydrogen-bond donors (Lipinski definition) is 0. The number of anilines is 1. The van der Waals surface area contributed by atoms with Gasteiger partial charge in [-0.2, -0.15) is 0 Å². The topological polar surface area (TPSA) is 36.0 Å². The van der Waals surface area contributed by atoms with Crippen molar-refractivity contribution in [3.63, 3.8) is 0 Å². The maximum absolute atomic E-state index is 12.6. The van der Waals surface area contributed by atoms with Crippen molar-refractivity contribution in [2.24, 2.45) is 0 Å². The first-order valence-electron chi connectivity index (χ1n) is 10.1. The van der Waals surface area contributed by atoms with Crippen LogP contribution < -0.4 is 4.90 Å². The van der Waals surface area contributed by atoms with Gasteiger partial charge in [0.1, 0.15) is 0 Å². The van der Waals surface area contributed by atoms with E-state index < -0.39 is 0 Å². The molecule has 3 aliphatic rings. The van der Waals surface area contributed by atoms with E-state index in [0.717, 1.165) is 52.0 Å². The molecule has 4 rings (SSSR count). The second-order valence-electron chi connectivity index (χ2n) is 8.16. The van der Waals surface area contributed by atoms with Crippen LogP contribution in [-0.2, 0) is 9.53 Å². The first-order chi connectivity index (χ1) is 12.7. The highest BCUT2D eigenvalue weighted by Gasteiger charge is 2.44. The third-order valence-electron chi connectivity index (χ3n) is 6.49. The van der Waals surface area contributed by atoms with E-state index in [-0.39, 0.29) is 5.60 Å². The third kappa shape index (κ3) is 3.74. The predicted molar refractivity (Wildman–Crippen MR) is 103 cm³/mol. The molecule has 1 atom stereocenters. The van der Waals surface area contributed by atoms with Crippen LogP contribution in [0.1, 0.15) is 32.1 Å². The molecule has 26 heavy (non-hydrogen) atoms. The SMILES string of the molecule is CN(c1ccccc1)C1COC2(CCN(C(=O)CN3CCCC3)CC2)C1. The normalized spacial score (nSPS) is 25.7. The van der Waals surface area contributed by atoms with Crippen molar-refractivity contribution in [2.45, 2.75) is 43.7 Å². The molecule has 0 aromatic heterocycles. The van der Waals surface area contributed by atoms with Gasteiger partial charge in [-0.1, -0.05) is 18.2 Å². The lowest BCUT2D eigenvalue weighted by Crippen LogP contribution is -2.49. The highest BCUT2D eigenvalue weighted by Crippen LogP contribution is 2.38. The second kappa shape index (κ2) is 7.57. The number of nitrogens with zero attached hydrogens (tertiary/aromatic N) is 3. The van der Waals surface area contributed by atoms with Crippen molar-refractivity contribution in [3.8, 4) is 0 Å². The van der Waals surface area contributed by atoms with E-state index in [2.05, 4.69) is 52.1 Å². The fourth-order valence-electron chi connectivity index (χ4n) is 4.69. The number of likely N-dealkylation sites (N-methyl/N-ethyl adjacent to an activating group) is 1. The fraction of sp³-hybridized carbons (Fsp3) is 0.667. The lowest BCUT2D eigenvalue weighted by atomic mass is 9.87. The number of amides is 1. The second-order valence-corrected chi connectivity index (χ2v) is 8.16. The molecule has 5 nitrogen and oxygen atoms in total. The Morgan fingerprint density at radius 2 is 1.85 bits per heavy atom. The molecular weight excluding hydrogens is 326 g/mol. The van der Waals surface area contributed by atoms with Gasteiger partial charge in [-0.05, 0) is 57.3 Å². The number of rotatable bonds is 4. The van der Waals surface area contributed by atoms with Gasteiger partial charge >= 0.3 is 0 Å². The Kier molecular flexibility index (Phi) is 5.18. The smallest absolute Gasteiger partial charge is 0.236 e. The highest BCUT2D eigenvalue weighted by atomic mass is 16.5. The molecule has 3 saturated heterocycles. The molecular formula is C21H31N3O2. The average Bonchev–Trinajstić information content (AvgIpc) is 3.33. The Bertz CT molecular complexity index is 607. The maximum Gasteiger partial charge on any atom is 0.236 e. The van der Waals surface area contributed by atoms with E-state index >= 15 is 0 Å². The summed E-state index contributed by atoms with van der Waals surface area (Å²) < 4.78 is 6.31. The van der Waals surface area contributed by atoms with Gasteiger partial charge < -0.3 is 14.5 Å². The van der Waals surface area contributed by atoms with Gasteiger partial charge in [-0.15, -0.1) is 0 Å². The van der Waals surface area contributed by atoms with Crippen molar-refractivity contribution in [1.29, 1.82) is 0 Å². The molecule has 0 saturated carbocycles. The summed E-state index contributed by atoms with van der Waals surface area (Å²) >= 11 is 0. The van der Waals surface area contributed by atoms with E-state index in [0.29, 0.717) is 18.5 Å². The van der Waals surface area contributed by atoms with Gasteiger partial charge in [0.2, 0.25) is 5.91 Å². The number of para-hydroxylation sites is 1. The minimum atomic E-state index is -0.0296. The Morgan fingerprint density at radius 1 is 1.15 bits per heavy atom. The first kappa shape index (κ1) is 17.8. The summed E-state index contributed by atoms with van der Waals surface area (Å²) in [5.74, 6) is 0.303. The largest absolute Gasteiger partial charge is 0.373 e. The van der Waals surface area contributed by atoms with Crippen molar-refractivity contribution in [1.82, 2.24) is 9.80 Å². The number of carbonyl (C=O) groups is 1. The van der Waals surface area contributed by atoms with Crippen molar-refractivity contribution < 1.29 is 9.53 Å². The van der Waals surface area contributed by atoms with Crippen molar-refractivity contribution in [2.75, 3.05) is 51.3 Å². The van der Waals surface area contributed by atoms with Crippen molar-refractivity contribution >= 4 is 11.6 Å². The molecule has 1 aromatic rings. The number of hydrogen-bond acceptors (Lipinski definition) is 4. The molecule has 3 heterocycles. The Balaban J connectivity index is 1.29. The Labute approximate surface area is 156 Å². The molecule has 0 bridgehead atoms. The Hall–Kier alpha value is -1.59. The molecule has 1 amide bonds. The average molecular weight is 357 g/mol. The lowest BCUT2D eigenvalue weighted by Gasteiger charge is -2.39. The minimum absolute atomic E-state index is 0.0296. The van der Waals surface area contributed by atoms with Crippen LogP contribution in [-0.4, -0.2) is 73.7 Å². The number of carbonyl (C=O) groups excluding carboxylic acids is 1. The van der Waals surface area contributed by atoms with Gasteiger partial charge in [0.05, 0.1) is 24.8 Å². The standard InChI is InChI=1S/C21H31N3O2/c1-22(18-7-3-2-4-8-18)19-15-21(26-17-19)9-13-24(14-10-21)20(25)16-23-11-5-6-12-23/h2-4,7-8,19H,5-6,9-17H2,1H3. The molecule has 142 valence electrons. The predicted octanol–water partition coefficient (Wildman–Crippen LogP) is 2.37. The van der Waals surface area contributed by atoms with E-state index in [1.165, 1.54) is 18.5 Å². The van der Waals surface area contributed by atoms with Gasteiger partial charge in [0.15, 0.2) is 0 Å². The van der Waals surface area contributed by atoms with Crippen LogP contribution in [0.15, 0.2) is 30.3 Å². The molecule has 5 heteroatoms. The summed E-state index contributed by atoms with van der Waals surface area (Å²) in [6.07, 6.45) is 5.48.